The van der Waals surface area contributed by atoms with Crippen molar-refractivity contribution >= 4 is 20.0 Å². The number of hydrogen-bond acceptors (Lipinski definition) is 5. The average molecular weight is 350 g/mol. The maximum atomic E-state index is 12.2. The third kappa shape index (κ3) is 6.68. The zero-order valence-electron chi connectivity index (χ0n) is 15.0. The number of esters is 2. The topological polar surface area (TPSA) is 61.8 Å². The van der Waals surface area contributed by atoms with Gasteiger partial charge in [-0.25, -0.2) is 4.79 Å². The van der Waals surface area contributed by atoms with Crippen LogP contribution in [0, 0.1) is 5.92 Å². The van der Waals surface area contributed by atoms with Crippen molar-refractivity contribution in [1.29, 1.82) is 0 Å². The molecule has 0 saturated heterocycles. The maximum Gasteiger partial charge on any atom is 0.333 e. The summed E-state index contributed by atoms with van der Waals surface area (Å²) in [6, 6.07) is 9.63. The molecule has 0 fully saturated rings. The van der Waals surface area contributed by atoms with E-state index in [0.717, 1.165) is 5.56 Å². The molecule has 1 aromatic carbocycles. The molecule has 0 N–H and O–H groups in total. The van der Waals surface area contributed by atoms with Gasteiger partial charge in [0.05, 0.1) is 35.5 Å². The minimum absolute atomic E-state index is 0.0625. The molecule has 0 heterocycles. The fraction of sp³-hybridized carbons (Fsp3) is 0.444. The van der Waals surface area contributed by atoms with Gasteiger partial charge in [0.25, 0.3) is 0 Å². The van der Waals surface area contributed by atoms with Crippen LogP contribution in [0.5, 0.6) is 0 Å². The van der Waals surface area contributed by atoms with Crippen LogP contribution in [-0.4, -0.2) is 40.8 Å². The first-order chi connectivity index (χ1) is 11.3. The van der Waals surface area contributed by atoms with E-state index in [-0.39, 0.29) is 6.61 Å². The summed E-state index contributed by atoms with van der Waals surface area (Å²) in [5.74, 6) is -1.81. The fourth-order valence-electron chi connectivity index (χ4n) is 2.18. The van der Waals surface area contributed by atoms with Gasteiger partial charge in [-0.2, -0.15) is 0 Å². The summed E-state index contributed by atoms with van der Waals surface area (Å²) in [5, 5.41) is 0. The second kappa shape index (κ2) is 9.39. The van der Waals surface area contributed by atoms with Gasteiger partial charge < -0.3 is 14.2 Å². The lowest BCUT2D eigenvalue weighted by Crippen LogP contribution is -2.31. The highest BCUT2D eigenvalue weighted by atomic mass is 28.3. The number of hydrogen-bond donors (Lipinski definition) is 0. The largest absolute Gasteiger partial charge is 0.468 e. The molecule has 1 aromatic rings. The van der Waals surface area contributed by atoms with E-state index in [4.69, 9.17) is 14.2 Å². The molecule has 0 saturated carbocycles. The molecule has 1 atom stereocenters. The van der Waals surface area contributed by atoms with Gasteiger partial charge in [0.2, 0.25) is 0 Å². The lowest BCUT2D eigenvalue weighted by molar-refractivity contribution is -0.149. The van der Waals surface area contributed by atoms with Crippen LogP contribution >= 0.6 is 0 Å². The molecular weight excluding hydrogens is 324 g/mol. The number of ether oxygens (including phenoxy) is 3. The zero-order valence-corrected chi connectivity index (χ0v) is 16.0. The quantitative estimate of drug-likeness (QED) is 0.410. The summed E-state index contributed by atoms with van der Waals surface area (Å²) in [4.78, 5) is 24.3. The van der Waals surface area contributed by atoms with Crippen LogP contribution in [0.4, 0.5) is 0 Å². The highest BCUT2D eigenvalue weighted by molar-refractivity contribution is 6.81. The Balaban J connectivity index is 2.94. The van der Waals surface area contributed by atoms with Crippen molar-refractivity contribution in [2.24, 2.45) is 5.92 Å². The van der Waals surface area contributed by atoms with Gasteiger partial charge in [0.1, 0.15) is 5.92 Å². The molecule has 0 spiro atoms. The van der Waals surface area contributed by atoms with Gasteiger partial charge in [-0.05, 0) is 5.56 Å². The lowest BCUT2D eigenvalue weighted by atomic mass is 10.0. The van der Waals surface area contributed by atoms with E-state index in [1.807, 2.05) is 36.0 Å². The highest BCUT2D eigenvalue weighted by Gasteiger charge is 2.31. The third-order valence-corrected chi connectivity index (χ3v) is 4.44. The van der Waals surface area contributed by atoms with Gasteiger partial charge >= 0.3 is 11.9 Å². The monoisotopic (exact) mass is 350 g/mol. The van der Waals surface area contributed by atoms with Crippen LogP contribution in [0.3, 0.4) is 0 Å². The number of methoxy groups -OCH3 is 2. The van der Waals surface area contributed by atoms with Crippen molar-refractivity contribution in [2.75, 3.05) is 20.8 Å². The first-order valence-electron chi connectivity index (χ1n) is 7.79. The van der Waals surface area contributed by atoms with E-state index in [9.17, 15) is 9.59 Å². The van der Waals surface area contributed by atoms with Crippen molar-refractivity contribution in [2.45, 2.75) is 26.2 Å². The van der Waals surface area contributed by atoms with E-state index in [1.54, 1.807) is 0 Å². The molecule has 0 bridgehead atoms. The predicted octanol–water partition coefficient (Wildman–Crippen LogP) is 2.97. The van der Waals surface area contributed by atoms with Gasteiger partial charge in [-0.3, -0.25) is 4.79 Å². The second-order valence-corrected chi connectivity index (χ2v) is 11.6. The molecular formula is C18H26O5Si. The van der Waals surface area contributed by atoms with Crippen molar-refractivity contribution < 1.29 is 23.8 Å². The van der Waals surface area contributed by atoms with Crippen molar-refractivity contribution in [3.63, 3.8) is 0 Å². The fourth-order valence-corrected chi connectivity index (χ4v) is 3.43. The van der Waals surface area contributed by atoms with Crippen LogP contribution in [-0.2, 0) is 30.4 Å². The molecule has 1 unspecified atom stereocenters. The minimum atomic E-state index is -1.75. The molecule has 0 amide bonds. The van der Waals surface area contributed by atoms with Crippen LogP contribution in [0.2, 0.25) is 19.6 Å². The molecule has 0 aliphatic carbocycles. The van der Waals surface area contributed by atoms with Crippen LogP contribution in [0.25, 0.3) is 0 Å². The Morgan fingerprint density at radius 3 is 2.21 bits per heavy atom. The number of benzene rings is 1. The van der Waals surface area contributed by atoms with E-state index in [1.165, 1.54) is 14.2 Å². The van der Waals surface area contributed by atoms with Gasteiger partial charge in [-0.1, -0.05) is 55.7 Å². The van der Waals surface area contributed by atoms with Gasteiger partial charge in [0.15, 0.2) is 0 Å². The van der Waals surface area contributed by atoms with Gasteiger partial charge in [0, 0.05) is 5.57 Å². The van der Waals surface area contributed by atoms with Crippen molar-refractivity contribution in [3.8, 4) is 0 Å². The minimum Gasteiger partial charge on any atom is -0.468 e. The standard InChI is InChI=1S/C18H26O5Si/c1-21-17(19)15(12-23-11-14-9-7-6-8-10-14)16(18(20)22-2)13-24(3,4)5/h6-10,13,15H,11-12H2,1-5H3/b16-13-. The third-order valence-electron chi connectivity index (χ3n) is 3.27. The Morgan fingerprint density at radius 2 is 1.71 bits per heavy atom. The highest BCUT2D eigenvalue weighted by Crippen LogP contribution is 2.20. The normalized spacial score (nSPS) is 13.3. The summed E-state index contributed by atoms with van der Waals surface area (Å²) >= 11 is 0. The first-order valence-corrected chi connectivity index (χ1v) is 11.4. The Morgan fingerprint density at radius 1 is 1.08 bits per heavy atom. The number of rotatable bonds is 8. The van der Waals surface area contributed by atoms with Crippen LogP contribution < -0.4 is 0 Å². The average Bonchev–Trinajstić information content (AvgIpc) is 2.55. The van der Waals surface area contributed by atoms with E-state index >= 15 is 0 Å². The molecule has 0 aliphatic rings. The van der Waals surface area contributed by atoms with Crippen molar-refractivity contribution in [1.82, 2.24) is 0 Å². The molecule has 0 aromatic heterocycles. The first kappa shape index (κ1) is 20.1. The zero-order chi connectivity index (χ0) is 18.2. The predicted molar refractivity (Wildman–Crippen MR) is 95.0 cm³/mol. The van der Waals surface area contributed by atoms with Crippen LogP contribution in [0.1, 0.15) is 5.56 Å². The SMILES string of the molecule is COC(=O)/C(=C\[Si](C)(C)C)C(COCc1ccccc1)C(=O)OC. The maximum absolute atomic E-state index is 12.2. The number of carbonyl (C=O) groups excluding carboxylic acids is 2. The summed E-state index contributed by atoms with van der Waals surface area (Å²) in [6.07, 6.45) is 0. The molecule has 1 rings (SSSR count). The van der Waals surface area contributed by atoms with Gasteiger partial charge in [-0.15, -0.1) is 0 Å². The molecule has 132 valence electrons. The molecule has 0 aliphatic heterocycles. The summed E-state index contributed by atoms with van der Waals surface area (Å²) < 4.78 is 15.4. The molecule has 5 nitrogen and oxygen atoms in total. The Bertz CT molecular complexity index is 575. The van der Waals surface area contributed by atoms with E-state index in [2.05, 4.69) is 19.6 Å². The molecule has 0 radical (unpaired) electrons. The second-order valence-electron chi connectivity index (χ2n) is 6.53. The molecule has 24 heavy (non-hydrogen) atoms. The van der Waals surface area contributed by atoms with E-state index in [0.29, 0.717) is 12.2 Å². The molecule has 6 heteroatoms. The van der Waals surface area contributed by atoms with Crippen molar-refractivity contribution in [3.05, 3.63) is 47.2 Å². The number of carbonyl (C=O) groups is 2. The Hall–Kier alpha value is -1.92. The summed E-state index contributed by atoms with van der Waals surface area (Å²) in [7, 11) is 0.857. The lowest BCUT2D eigenvalue weighted by Gasteiger charge is -2.20. The Labute approximate surface area is 144 Å². The summed E-state index contributed by atoms with van der Waals surface area (Å²) in [6.45, 7) is 6.65. The smallest absolute Gasteiger partial charge is 0.333 e. The van der Waals surface area contributed by atoms with Crippen LogP contribution in [0.15, 0.2) is 41.6 Å². The summed E-state index contributed by atoms with van der Waals surface area (Å²) in [5.41, 5.74) is 3.18. The Kier molecular flexibility index (Phi) is 7.87. The van der Waals surface area contributed by atoms with E-state index < -0.39 is 25.9 Å².